The van der Waals surface area contributed by atoms with Crippen LogP contribution in [0.1, 0.15) is 18.3 Å². The lowest BCUT2D eigenvalue weighted by Gasteiger charge is -2.08. The fourth-order valence-electron chi connectivity index (χ4n) is 2.22. The predicted molar refractivity (Wildman–Crippen MR) is 98.5 cm³/mol. The molecular formula is C18H18ClF3N4O2. The molecule has 0 aliphatic heterocycles. The molecule has 1 aromatic carbocycles. The van der Waals surface area contributed by atoms with Crippen LogP contribution in [0.3, 0.4) is 0 Å². The highest BCUT2D eigenvalue weighted by Crippen LogP contribution is 2.30. The second-order valence-electron chi connectivity index (χ2n) is 5.92. The molecule has 0 bridgehead atoms. The third kappa shape index (κ3) is 5.43. The smallest absolute Gasteiger partial charge is 0.417 e. The van der Waals surface area contributed by atoms with E-state index in [1.165, 1.54) is 6.07 Å². The highest BCUT2D eigenvalue weighted by molar-refractivity contribution is 5.85. The Balaban J connectivity index is 0.00000280. The third-order valence-corrected chi connectivity index (χ3v) is 3.84. The maximum absolute atomic E-state index is 12.5. The molecule has 0 spiro atoms. The van der Waals surface area contributed by atoms with Crippen LogP contribution in [0.15, 0.2) is 47.1 Å². The number of aromatic nitrogens is 3. The van der Waals surface area contributed by atoms with Gasteiger partial charge in [-0.05, 0) is 44.3 Å². The van der Waals surface area contributed by atoms with Gasteiger partial charge < -0.3 is 14.6 Å². The second kappa shape index (κ2) is 9.03. The van der Waals surface area contributed by atoms with Gasteiger partial charge in [-0.15, -0.1) is 12.4 Å². The SMILES string of the molecule is CNC(C)Cc1noc(-c2ccc(Oc3ccc(C(F)(F)F)cn3)cc2)n1.Cl. The van der Waals surface area contributed by atoms with E-state index >= 15 is 0 Å². The number of rotatable bonds is 6. The topological polar surface area (TPSA) is 73.1 Å². The molecule has 6 nitrogen and oxygen atoms in total. The highest BCUT2D eigenvalue weighted by atomic mass is 35.5. The lowest BCUT2D eigenvalue weighted by molar-refractivity contribution is -0.137. The van der Waals surface area contributed by atoms with Crippen molar-refractivity contribution >= 4 is 12.4 Å². The molecule has 0 saturated heterocycles. The number of pyridine rings is 1. The number of hydrogen-bond acceptors (Lipinski definition) is 6. The molecule has 0 aliphatic carbocycles. The fraction of sp³-hybridized carbons (Fsp3) is 0.278. The Morgan fingerprint density at radius 2 is 1.86 bits per heavy atom. The Morgan fingerprint density at radius 1 is 1.14 bits per heavy atom. The fourth-order valence-corrected chi connectivity index (χ4v) is 2.22. The van der Waals surface area contributed by atoms with Crippen LogP contribution in [0.5, 0.6) is 11.6 Å². The van der Waals surface area contributed by atoms with Crippen LogP contribution in [0.25, 0.3) is 11.5 Å². The second-order valence-corrected chi connectivity index (χ2v) is 5.92. The van der Waals surface area contributed by atoms with E-state index in [1.54, 1.807) is 24.3 Å². The van der Waals surface area contributed by atoms with Gasteiger partial charge in [-0.2, -0.15) is 18.2 Å². The van der Waals surface area contributed by atoms with E-state index in [9.17, 15) is 13.2 Å². The zero-order chi connectivity index (χ0) is 19.4. The molecule has 0 radical (unpaired) electrons. The summed E-state index contributed by atoms with van der Waals surface area (Å²) in [7, 11) is 1.86. The Hall–Kier alpha value is -2.65. The standard InChI is InChI=1S/C18H17F3N4O2.ClH/c1-11(22-2)9-15-24-17(27-25-15)12-3-6-14(7-4-12)26-16-8-5-13(10-23-16)18(19,20)21;/h3-8,10-11,22H,9H2,1-2H3;1H. The zero-order valence-electron chi connectivity index (χ0n) is 15.0. The minimum Gasteiger partial charge on any atom is -0.439 e. The average molecular weight is 415 g/mol. The third-order valence-electron chi connectivity index (χ3n) is 3.84. The number of benzene rings is 1. The summed E-state index contributed by atoms with van der Waals surface area (Å²) in [6.45, 7) is 2.01. The lowest BCUT2D eigenvalue weighted by Crippen LogP contribution is -2.24. The van der Waals surface area contributed by atoms with Gasteiger partial charge in [0.1, 0.15) is 5.75 Å². The van der Waals surface area contributed by atoms with Crippen molar-refractivity contribution in [1.29, 1.82) is 0 Å². The average Bonchev–Trinajstić information content (AvgIpc) is 3.10. The minimum absolute atomic E-state index is 0. The van der Waals surface area contributed by atoms with Gasteiger partial charge >= 0.3 is 6.18 Å². The van der Waals surface area contributed by atoms with Crippen LogP contribution in [-0.4, -0.2) is 28.2 Å². The summed E-state index contributed by atoms with van der Waals surface area (Å²) in [5.41, 5.74) is -0.122. The molecule has 2 aromatic heterocycles. The molecule has 1 unspecified atom stereocenters. The van der Waals surface area contributed by atoms with Crippen LogP contribution in [0.2, 0.25) is 0 Å². The predicted octanol–water partition coefficient (Wildman–Crippen LogP) is 4.51. The van der Waals surface area contributed by atoms with Crippen molar-refractivity contribution in [2.45, 2.75) is 25.6 Å². The van der Waals surface area contributed by atoms with E-state index in [2.05, 4.69) is 20.4 Å². The first-order valence-electron chi connectivity index (χ1n) is 8.16. The maximum atomic E-state index is 12.5. The van der Waals surface area contributed by atoms with Gasteiger partial charge in [0.15, 0.2) is 5.82 Å². The van der Waals surface area contributed by atoms with Gasteiger partial charge in [0.05, 0.1) is 5.56 Å². The first-order chi connectivity index (χ1) is 12.8. The van der Waals surface area contributed by atoms with Crippen LogP contribution in [-0.2, 0) is 12.6 Å². The van der Waals surface area contributed by atoms with Gasteiger partial charge in [-0.1, -0.05) is 5.16 Å². The number of likely N-dealkylation sites (N-methyl/N-ethyl adjacent to an activating group) is 1. The summed E-state index contributed by atoms with van der Waals surface area (Å²) in [5, 5.41) is 7.04. The van der Waals surface area contributed by atoms with E-state index in [0.29, 0.717) is 29.4 Å². The molecule has 1 atom stereocenters. The summed E-state index contributed by atoms with van der Waals surface area (Å²) < 4.78 is 48.3. The molecule has 3 aromatic rings. The van der Waals surface area contributed by atoms with Crippen molar-refractivity contribution in [3.63, 3.8) is 0 Å². The van der Waals surface area contributed by atoms with Crippen molar-refractivity contribution in [3.05, 3.63) is 54.0 Å². The minimum atomic E-state index is -4.43. The van der Waals surface area contributed by atoms with Gasteiger partial charge in [0.25, 0.3) is 5.89 Å². The van der Waals surface area contributed by atoms with Gasteiger partial charge in [-0.25, -0.2) is 4.98 Å². The number of nitrogens with one attached hydrogen (secondary N) is 1. The van der Waals surface area contributed by atoms with Crippen molar-refractivity contribution < 1.29 is 22.4 Å². The molecule has 10 heteroatoms. The quantitative estimate of drug-likeness (QED) is 0.639. The molecule has 3 rings (SSSR count). The number of halogens is 4. The first kappa shape index (κ1) is 21.6. The van der Waals surface area contributed by atoms with E-state index in [0.717, 1.165) is 12.3 Å². The molecular weight excluding hydrogens is 397 g/mol. The van der Waals surface area contributed by atoms with E-state index in [4.69, 9.17) is 9.26 Å². The molecule has 2 heterocycles. The Kier molecular flexibility index (Phi) is 6.98. The molecule has 1 N–H and O–H groups in total. The summed E-state index contributed by atoms with van der Waals surface area (Å²) >= 11 is 0. The summed E-state index contributed by atoms with van der Waals surface area (Å²) in [6.07, 6.45) is -3.06. The van der Waals surface area contributed by atoms with Crippen LogP contribution < -0.4 is 10.1 Å². The lowest BCUT2D eigenvalue weighted by atomic mass is 10.2. The molecule has 28 heavy (non-hydrogen) atoms. The molecule has 0 amide bonds. The Morgan fingerprint density at radius 3 is 2.43 bits per heavy atom. The molecule has 0 aliphatic rings. The van der Waals surface area contributed by atoms with Gasteiger partial charge in [0, 0.05) is 30.3 Å². The molecule has 150 valence electrons. The Bertz CT molecular complexity index is 883. The van der Waals surface area contributed by atoms with Crippen molar-refractivity contribution in [2.24, 2.45) is 0 Å². The van der Waals surface area contributed by atoms with E-state index < -0.39 is 11.7 Å². The first-order valence-corrected chi connectivity index (χ1v) is 8.16. The number of ether oxygens (including phenoxy) is 1. The monoisotopic (exact) mass is 414 g/mol. The number of hydrogen-bond donors (Lipinski definition) is 1. The zero-order valence-corrected chi connectivity index (χ0v) is 15.8. The number of nitrogens with zero attached hydrogens (tertiary/aromatic N) is 3. The largest absolute Gasteiger partial charge is 0.439 e. The van der Waals surface area contributed by atoms with Crippen LogP contribution >= 0.6 is 12.4 Å². The maximum Gasteiger partial charge on any atom is 0.417 e. The summed E-state index contributed by atoms with van der Waals surface area (Å²) in [6, 6.07) is 9.05. The van der Waals surface area contributed by atoms with E-state index in [-0.39, 0.29) is 24.3 Å². The molecule has 0 saturated carbocycles. The van der Waals surface area contributed by atoms with Crippen molar-refractivity contribution in [1.82, 2.24) is 20.4 Å². The van der Waals surface area contributed by atoms with Crippen molar-refractivity contribution in [2.75, 3.05) is 7.05 Å². The van der Waals surface area contributed by atoms with E-state index in [1.807, 2.05) is 14.0 Å². The Labute approximate surface area is 165 Å². The van der Waals surface area contributed by atoms with Gasteiger partial charge in [0.2, 0.25) is 5.88 Å². The van der Waals surface area contributed by atoms with Crippen molar-refractivity contribution in [3.8, 4) is 23.1 Å². The summed E-state index contributed by atoms with van der Waals surface area (Å²) in [4.78, 5) is 8.01. The number of alkyl halides is 3. The molecule has 0 fully saturated rings. The van der Waals surface area contributed by atoms with Crippen LogP contribution in [0.4, 0.5) is 13.2 Å². The van der Waals surface area contributed by atoms with Crippen LogP contribution in [0, 0.1) is 0 Å². The highest BCUT2D eigenvalue weighted by Gasteiger charge is 2.30. The summed E-state index contributed by atoms with van der Waals surface area (Å²) in [5.74, 6) is 1.47. The normalized spacial score (nSPS) is 12.3. The van der Waals surface area contributed by atoms with Gasteiger partial charge in [-0.3, -0.25) is 0 Å².